The van der Waals surface area contributed by atoms with Crippen LogP contribution in [0.3, 0.4) is 0 Å². The maximum atomic E-state index is 5.30. The van der Waals surface area contributed by atoms with Crippen LogP contribution in [0.1, 0.15) is 65.7 Å². The van der Waals surface area contributed by atoms with Crippen LogP contribution in [0.25, 0.3) is 0 Å². The van der Waals surface area contributed by atoms with Crippen LogP contribution < -0.4 is 5.32 Å². The molecule has 1 aliphatic rings. The fraction of sp³-hybridized carbons (Fsp3) is 0.941. The molecule has 0 bridgehead atoms. The van der Waals surface area contributed by atoms with Crippen LogP contribution in [0, 0.1) is 11.8 Å². The van der Waals surface area contributed by atoms with Crippen LogP contribution in [-0.2, 0) is 9.47 Å². The summed E-state index contributed by atoms with van der Waals surface area (Å²) in [6.45, 7) is 9.99. The number of unbranched alkanes of at least 4 members (excludes halogenated alkanes) is 6. The molecule has 0 saturated carbocycles. The highest BCUT2D eigenvalue weighted by atomic mass is 16.7. The van der Waals surface area contributed by atoms with E-state index in [1.165, 1.54) is 44.9 Å². The van der Waals surface area contributed by atoms with Gasteiger partial charge in [-0.1, -0.05) is 52.9 Å². The molecular weight excluding hydrogens is 250 g/mol. The molecule has 0 atom stereocenters. The fourth-order valence-electron chi connectivity index (χ4n) is 2.47. The van der Waals surface area contributed by atoms with Gasteiger partial charge in [-0.15, -0.1) is 0 Å². The Morgan fingerprint density at radius 2 is 1.85 bits per heavy atom. The van der Waals surface area contributed by atoms with Crippen molar-refractivity contribution in [2.24, 2.45) is 5.41 Å². The summed E-state index contributed by atoms with van der Waals surface area (Å²) < 4.78 is 10.6. The molecule has 1 heterocycles. The second-order valence-corrected chi connectivity index (χ2v) is 6.78. The van der Waals surface area contributed by atoms with E-state index in [1.807, 2.05) is 0 Å². The Kier molecular flexibility index (Phi) is 9.49. The topological polar surface area (TPSA) is 30.5 Å². The van der Waals surface area contributed by atoms with Crippen molar-refractivity contribution in [3.05, 3.63) is 6.42 Å². The van der Waals surface area contributed by atoms with E-state index in [2.05, 4.69) is 32.5 Å². The first kappa shape index (κ1) is 17.9. The smallest absolute Gasteiger partial charge is 0.146 e. The van der Waals surface area contributed by atoms with Crippen molar-refractivity contribution in [2.75, 3.05) is 26.6 Å². The summed E-state index contributed by atoms with van der Waals surface area (Å²) in [5.41, 5.74) is 0.345. The third-order valence-electron chi connectivity index (χ3n) is 3.96. The Bertz CT molecular complexity index is 225. The third-order valence-corrected chi connectivity index (χ3v) is 3.96. The zero-order valence-corrected chi connectivity index (χ0v) is 13.7. The van der Waals surface area contributed by atoms with Crippen molar-refractivity contribution >= 4 is 0 Å². The van der Waals surface area contributed by atoms with Crippen LogP contribution in [0.2, 0.25) is 0 Å². The third kappa shape index (κ3) is 8.93. The van der Waals surface area contributed by atoms with Crippen molar-refractivity contribution in [3.63, 3.8) is 0 Å². The molecule has 20 heavy (non-hydrogen) atoms. The second-order valence-electron chi connectivity index (χ2n) is 6.78. The number of rotatable bonds is 11. The largest absolute Gasteiger partial charge is 0.354 e. The van der Waals surface area contributed by atoms with Gasteiger partial charge in [0.1, 0.15) is 6.79 Å². The van der Waals surface area contributed by atoms with E-state index < -0.39 is 0 Å². The van der Waals surface area contributed by atoms with E-state index in [4.69, 9.17) is 9.47 Å². The van der Waals surface area contributed by atoms with Crippen LogP contribution in [0.5, 0.6) is 0 Å². The first-order valence-corrected chi connectivity index (χ1v) is 8.34. The zero-order chi connectivity index (χ0) is 14.7. The Hall–Kier alpha value is -0.120. The Balaban J connectivity index is 1.99. The minimum atomic E-state index is 0.345. The second kappa shape index (κ2) is 10.6. The van der Waals surface area contributed by atoms with E-state index in [1.54, 1.807) is 0 Å². The number of hydrogen-bond acceptors (Lipinski definition) is 3. The standard InChI is InChI=1S/C17H34NO2/c1-4-5-6-7-8-9-10-11-17(2,3)14-18-16-12-19-15-20-13-16/h9,16,18H,4-8,10-15H2,1-3H3. The Morgan fingerprint density at radius 1 is 1.10 bits per heavy atom. The monoisotopic (exact) mass is 284 g/mol. The van der Waals surface area contributed by atoms with Crippen LogP contribution in [0.4, 0.5) is 0 Å². The van der Waals surface area contributed by atoms with Crippen LogP contribution in [-0.4, -0.2) is 32.6 Å². The van der Waals surface area contributed by atoms with Gasteiger partial charge in [-0.05, 0) is 24.7 Å². The molecule has 0 aliphatic carbocycles. The first-order valence-electron chi connectivity index (χ1n) is 8.34. The predicted molar refractivity (Wildman–Crippen MR) is 84.6 cm³/mol. The molecular formula is C17H34NO2. The van der Waals surface area contributed by atoms with Gasteiger partial charge in [0, 0.05) is 6.54 Å². The van der Waals surface area contributed by atoms with E-state index in [0.717, 1.165) is 19.8 Å². The lowest BCUT2D eigenvalue weighted by Gasteiger charge is -2.30. The Morgan fingerprint density at radius 3 is 2.55 bits per heavy atom. The van der Waals surface area contributed by atoms with Crippen molar-refractivity contribution in [1.82, 2.24) is 5.32 Å². The SMILES string of the molecule is CCCCCC[CH]CCC(C)(C)CNC1COCOC1. The van der Waals surface area contributed by atoms with E-state index in [-0.39, 0.29) is 0 Å². The maximum Gasteiger partial charge on any atom is 0.146 e. The lowest BCUT2D eigenvalue weighted by molar-refractivity contribution is -0.113. The molecule has 3 heteroatoms. The molecule has 1 N–H and O–H groups in total. The van der Waals surface area contributed by atoms with Crippen LogP contribution >= 0.6 is 0 Å². The molecule has 1 radical (unpaired) electrons. The highest BCUT2D eigenvalue weighted by molar-refractivity contribution is 4.78. The zero-order valence-electron chi connectivity index (χ0n) is 13.7. The molecule has 0 spiro atoms. The molecule has 0 amide bonds. The summed E-state index contributed by atoms with van der Waals surface area (Å²) in [6.07, 6.45) is 11.7. The summed E-state index contributed by atoms with van der Waals surface area (Å²) in [5, 5.41) is 3.57. The van der Waals surface area contributed by atoms with Crippen LogP contribution in [0.15, 0.2) is 0 Å². The quantitative estimate of drug-likeness (QED) is 0.583. The summed E-state index contributed by atoms with van der Waals surface area (Å²) in [7, 11) is 0. The van der Waals surface area contributed by atoms with Crippen molar-refractivity contribution in [1.29, 1.82) is 0 Å². The van der Waals surface area contributed by atoms with E-state index >= 15 is 0 Å². The summed E-state index contributed by atoms with van der Waals surface area (Å²) in [4.78, 5) is 0. The molecule has 1 fully saturated rings. The minimum absolute atomic E-state index is 0.345. The van der Waals surface area contributed by atoms with E-state index in [0.29, 0.717) is 18.2 Å². The molecule has 1 rings (SSSR count). The highest BCUT2D eigenvalue weighted by Crippen LogP contribution is 2.23. The first-order chi connectivity index (χ1) is 9.64. The molecule has 0 aromatic carbocycles. The van der Waals surface area contributed by atoms with Crippen molar-refractivity contribution in [2.45, 2.75) is 71.8 Å². The average Bonchev–Trinajstić information content (AvgIpc) is 2.45. The molecule has 0 aromatic heterocycles. The number of ether oxygens (including phenoxy) is 2. The lowest BCUT2D eigenvalue weighted by atomic mass is 9.86. The summed E-state index contributed by atoms with van der Waals surface area (Å²) in [5.74, 6) is 0. The van der Waals surface area contributed by atoms with Gasteiger partial charge < -0.3 is 14.8 Å². The number of nitrogens with one attached hydrogen (secondary N) is 1. The predicted octanol–water partition coefficient (Wildman–Crippen LogP) is 3.93. The average molecular weight is 284 g/mol. The van der Waals surface area contributed by atoms with Gasteiger partial charge in [-0.3, -0.25) is 0 Å². The Labute approximate surface area is 125 Å². The normalized spacial score (nSPS) is 17.6. The van der Waals surface area contributed by atoms with Gasteiger partial charge in [0.05, 0.1) is 19.3 Å². The van der Waals surface area contributed by atoms with Gasteiger partial charge in [-0.2, -0.15) is 0 Å². The van der Waals surface area contributed by atoms with Gasteiger partial charge in [0.15, 0.2) is 0 Å². The van der Waals surface area contributed by atoms with Gasteiger partial charge in [0.2, 0.25) is 0 Å². The molecule has 0 aromatic rings. The molecule has 119 valence electrons. The fourth-order valence-corrected chi connectivity index (χ4v) is 2.47. The molecule has 1 aliphatic heterocycles. The minimum Gasteiger partial charge on any atom is -0.354 e. The number of hydrogen-bond donors (Lipinski definition) is 1. The van der Waals surface area contributed by atoms with Gasteiger partial charge in [-0.25, -0.2) is 0 Å². The maximum absolute atomic E-state index is 5.30. The molecule has 1 saturated heterocycles. The van der Waals surface area contributed by atoms with Gasteiger partial charge in [0.25, 0.3) is 0 Å². The summed E-state index contributed by atoms with van der Waals surface area (Å²) in [6, 6.07) is 0.362. The van der Waals surface area contributed by atoms with Gasteiger partial charge >= 0.3 is 0 Å². The summed E-state index contributed by atoms with van der Waals surface area (Å²) >= 11 is 0. The van der Waals surface area contributed by atoms with Crippen molar-refractivity contribution in [3.8, 4) is 0 Å². The molecule has 3 nitrogen and oxygen atoms in total. The van der Waals surface area contributed by atoms with Crippen molar-refractivity contribution < 1.29 is 9.47 Å². The highest BCUT2D eigenvalue weighted by Gasteiger charge is 2.20. The lowest BCUT2D eigenvalue weighted by Crippen LogP contribution is -2.45. The van der Waals surface area contributed by atoms with E-state index in [9.17, 15) is 0 Å². The molecule has 0 unspecified atom stereocenters.